The standard InChI is InChI=1S/C22H22F3NO3/c1-4-29-20-19(21(27)28)14(3)17-10-9-16(22(23,24)25)11-18(17)26(20)12-15-7-5-13(2)6-8-15/h5-11,20H,4,12H2,1-3H3,(H,27,28). The van der Waals surface area contributed by atoms with Gasteiger partial charge in [-0.3, -0.25) is 0 Å². The summed E-state index contributed by atoms with van der Waals surface area (Å²) in [6.07, 6.45) is -5.49. The first kappa shape index (κ1) is 20.9. The molecule has 29 heavy (non-hydrogen) atoms. The zero-order valence-electron chi connectivity index (χ0n) is 16.4. The van der Waals surface area contributed by atoms with E-state index in [-0.39, 0.29) is 18.7 Å². The number of rotatable bonds is 5. The van der Waals surface area contributed by atoms with Gasteiger partial charge in [-0.25, -0.2) is 4.79 Å². The highest BCUT2D eigenvalue weighted by atomic mass is 19.4. The van der Waals surface area contributed by atoms with Crippen LogP contribution in [0.15, 0.2) is 48.0 Å². The molecule has 0 amide bonds. The van der Waals surface area contributed by atoms with Gasteiger partial charge in [0.15, 0.2) is 6.23 Å². The molecule has 1 aliphatic heterocycles. The number of ether oxygens (including phenoxy) is 1. The number of allylic oxidation sites excluding steroid dienone is 1. The predicted octanol–water partition coefficient (Wildman–Crippen LogP) is 5.25. The summed E-state index contributed by atoms with van der Waals surface area (Å²) in [5, 5.41) is 9.79. The maximum atomic E-state index is 13.3. The molecule has 0 saturated carbocycles. The Morgan fingerprint density at radius 3 is 2.34 bits per heavy atom. The SMILES string of the molecule is CCOC1C(C(=O)O)=C(C)c2ccc(C(F)(F)F)cc2N1Cc1ccc(C)cc1. The molecule has 7 heteroatoms. The zero-order valence-corrected chi connectivity index (χ0v) is 16.4. The highest BCUT2D eigenvalue weighted by Gasteiger charge is 2.38. The van der Waals surface area contributed by atoms with Gasteiger partial charge in [0.25, 0.3) is 0 Å². The molecular weight excluding hydrogens is 383 g/mol. The van der Waals surface area contributed by atoms with Crippen molar-refractivity contribution in [3.63, 3.8) is 0 Å². The lowest BCUT2D eigenvalue weighted by Gasteiger charge is -2.39. The van der Waals surface area contributed by atoms with Crippen LogP contribution in [0.3, 0.4) is 0 Å². The van der Waals surface area contributed by atoms with E-state index in [2.05, 4.69) is 0 Å². The second-order valence-electron chi connectivity index (χ2n) is 6.99. The summed E-state index contributed by atoms with van der Waals surface area (Å²) < 4.78 is 45.8. The number of carbonyl (C=O) groups is 1. The summed E-state index contributed by atoms with van der Waals surface area (Å²) in [6.45, 7) is 5.69. The van der Waals surface area contributed by atoms with Gasteiger partial charge in [0.2, 0.25) is 0 Å². The average Bonchev–Trinajstić information content (AvgIpc) is 2.65. The number of carboxylic acids is 1. The fraction of sp³-hybridized carbons (Fsp3) is 0.318. The van der Waals surface area contributed by atoms with Gasteiger partial charge in [-0.2, -0.15) is 13.2 Å². The largest absolute Gasteiger partial charge is 0.478 e. The minimum Gasteiger partial charge on any atom is -0.478 e. The molecule has 1 atom stereocenters. The molecule has 1 unspecified atom stereocenters. The van der Waals surface area contributed by atoms with E-state index in [0.29, 0.717) is 16.8 Å². The second-order valence-corrected chi connectivity index (χ2v) is 6.99. The summed E-state index contributed by atoms with van der Waals surface area (Å²) >= 11 is 0. The number of hydrogen-bond donors (Lipinski definition) is 1. The zero-order chi connectivity index (χ0) is 21.3. The predicted molar refractivity (Wildman–Crippen MR) is 104 cm³/mol. The monoisotopic (exact) mass is 405 g/mol. The molecule has 0 radical (unpaired) electrons. The molecule has 0 fully saturated rings. The van der Waals surface area contributed by atoms with Gasteiger partial charge in [0.05, 0.1) is 11.1 Å². The molecule has 0 bridgehead atoms. The number of aryl methyl sites for hydroxylation is 1. The Bertz CT molecular complexity index is 949. The third-order valence-corrected chi connectivity index (χ3v) is 5.00. The molecule has 3 rings (SSSR count). The Morgan fingerprint density at radius 2 is 1.79 bits per heavy atom. The van der Waals surface area contributed by atoms with Crippen LogP contribution in [0.2, 0.25) is 0 Å². The number of alkyl halides is 3. The molecule has 0 aromatic heterocycles. The first-order chi connectivity index (χ1) is 13.6. The van der Waals surface area contributed by atoms with Crippen molar-refractivity contribution in [1.82, 2.24) is 0 Å². The quantitative estimate of drug-likeness (QED) is 0.738. The van der Waals surface area contributed by atoms with E-state index in [4.69, 9.17) is 4.74 Å². The number of nitrogens with zero attached hydrogens (tertiary/aromatic N) is 1. The fourth-order valence-corrected chi connectivity index (χ4v) is 3.53. The Morgan fingerprint density at radius 1 is 1.14 bits per heavy atom. The van der Waals surface area contributed by atoms with Gasteiger partial charge in [-0.05, 0) is 44.0 Å². The molecule has 1 heterocycles. The van der Waals surface area contributed by atoms with Crippen LogP contribution in [0.1, 0.15) is 36.1 Å². The van der Waals surface area contributed by atoms with E-state index in [1.807, 2.05) is 31.2 Å². The van der Waals surface area contributed by atoms with Crippen molar-refractivity contribution < 1.29 is 27.8 Å². The highest BCUT2D eigenvalue weighted by Crippen LogP contribution is 2.42. The third-order valence-electron chi connectivity index (χ3n) is 5.00. The Balaban J connectivity index is 2.19. The number of fused-ring (bicyclic) bond motifs is 1. The Kier molecular flexibility index (Phi) is 5.71. The molecule has 2 aromatic rings. The number of aliphatic carboxylic acids is 1. The van der Waals surface area contributed by atoms with Crippen LogP contribution in [0.25, 0.3) is 5.57 Å². The van der Waals surface area contributed by atoms with Crippen molar-refractivity contribution in [2.24, 2.45) is 0 Å². The normalized spacial score (nSPS) is 16.8. The molecule has 1 aliphatic rings. The van der Waals surface area contributed by atoms with Crippen molar-refractivity contribution in [3.8, 4) is 0 Å². The molecule has 0 spiro atoms. The van der Waals surface area contributed by atoms with Gasteiger partial charge >= 0.3 is 12.1 Å². The van der Waals surface area contributed by atoms with Crippen molar-refractivity contribution >= 4 is 17.2 Å². The lowest BCUT2D eigenvalue weighted by molar-refractivity contribution is -0.138. The van der Waals surface area contributed by atoms with Gasteiger partial charge in [0, 0.05) is 24.4 Å². The van der Waals surface area contributed by atoms with Crippen LogP contribution < -0.4 is 4.90 Å². The summed E-state index contributed by atoms with van der Waals surface area (Å²) in [5.41, 5.74) is 2.31. The molecule has 0 saturated heterocycles. The Hall–Kier alpha value is -2.80. The summed E-state index contributed by atoms with van der Waals surface area (Å²) in [5.74, 6) is -1.15. The molecule has 0 aliphatic carbocycles. The topological polar surface area (TPSA) is 49.8 Å². The molecule has 4 nitrogen and oxygen atoms in total. The number of anilines is 1. The number of carboxylic acid groups (broad SMARTS) is 1. The first-order valence-electron chi connectivity index (χ1n) is 9.23. The van der Waals surface area contributed by atoms with E-state index < -0.39 is 23.9 Å². The van der Waals surface area contributed by atoms with Crippen molar-refractivity contribution in [1.29, 1.82) is 0 Å². The van der Waals surface area contributed by atoms with E-state index in [1.54, 1.807) is 18.7 Å². The summed E-state index contributed by atoms with van der Waals surface area (Å²) in [7, 11) is 0. The first-order valence-corrected chi connectivity index (χ1v) is 9.23. The van der Waals surface area contributed by atoms with Crippen LogP contribution >= 0.6 is 0 Å². The lowest BCUT2D eigenvalue weighted by atomic mass is 9.91. The third kappa shape index (κ3) is 4.15. The van der Waals surface area contributed by atoms with Crippen molar-refractivity contribution in [2.75, 3.05) is 11.5 Å². The second kappa shape index (κ2) is 7.91. The molecule has 2 aromatic carbocycles. The van der Waals surface area contributed by atoms with Crippen LogP contribution in [-0.4, -0.2) is 23.9 Å². The smallest absolute Gasteiger partial charge is 0.416 e. The lowest BCUT2D eigenvalue weighted by Crippen LogP contribution is -2.44. The van der Waals surface area contributed by atoms with Gasteiger partial charge < -0.3 is 14.7 Å². The van der Waals surface area contributed by atoms with Crippen molar-refractivity contribution in [3.05, 3.63) is 70.3 Å². The van der Waals surface area contributed by atoms with Crippen LogP contribution in [0, 0.1) is 6.92 Å². The van der Waals surface area contributed by atoms with Crippen LogP contribution in [0.4, 0.5) is 18.9 Å². The fourth-order valence-electron chi connectivity index (χ4n) is 3.53. The van der Waals surface area contributed by atoms with E-state index in [9.17, 15) is 23.1 Å². The van der Waals surface area contributed by atoms with E-state index in [0.717, 1.165) is 23.3 Å². The molecule has 154 valence electrons. The van der Waals surface area contributed by atoms with Gasteiger partial charge in [-0.1, -0.05) is 35.9 Å². The van der Waals surface area contributed by atoms with E-state index >= 15 is 0 Å². The minimum atomic E-state index is -4.50. The summed E-state index contributed by atoms with van der Waals surface area (Å²) in [6, 6.07) is 10.9. The maximum absolute atomic E-state index is 13.3. The maximum Gasteiger partial charge on any atom is 0.416 e. The minimum absolute atomic E-state index is 0.0335. The van der Waals surface area contributed by atoms with Gasteiger partial charge in [-0.15, -0.1) is 0 Å². The number of halogens is 3. The highest BCUT2D eigenvalue weighted by molar-refractivity contribution is 6.01. The number of benzene rings is 2. The Labute approximate surface area is 167 Å². The van der Waals surface area contributed by atoms with Crippen molar-refractivity contribution in [2.45, 2.75) is 39.7 Å². The van der Waals surface area contributed by atoms with Crippen LogP contribution in [0.5, 0.6) is 0 Å². The van der Waals surface area contributed by atoms with Crippen LogP contribution in [-0.2, 0) is 22.3 Å². The van der Waals surface area contributed by atoms with E-state index in [1.165, 1.54) is 6.07 Å². The number of hydrogen-bond acceptors (Lipinski definition) is 3. The average molecular weight is 405 g/mol. The summed E-state index contributed by atoms with van der Waals surface area (Å²) in [4.78, 5) is 13.6. The molecular formula is C22H22F3NO3. The molecule has 1 N–H and O–H groups in total. The van der Waals surface area contributed by atoms with Gasteiger partial charge in [0.1, 0.15) is 0 Å².